The van der Waals surface area contributed by atoms with Crippen LogP contribution >= 0.6 is 0 Å². The second kappa shape index (κ2) is 7.39. The monoisotopic (exact) mass is 287 g/mol. The van der Waals surface area contributed by atoms with Crippen LogP contribution < -0.4 is 5.32 Å². The van der Waals surface area contributed by atoms with Gasteiger partial charge in [-0.2, -0.15) is 0 Å². The number of piperazine rings is 1. The molecule has 1 atom stereocenters. The Bertz CT molecular complexity index is 416. The van der Waals surface area contributed by atoms with Gasteiger partial charge in [-0.25, -0.2) is 0 Å². The van der Waals surface area contributed by atoms with Crippen LogP contribution in [0.25, 0.3) is 0 Å². The summed E-state index contributed by atoms with van der Waals surface area (Å²) >= 11 is 0. The first-order valence-electron chi connectivity index (χ1n) is 8.54. The lowest BCUT2D eigenvalue weighted by molar-refractivity contribution is 0.0883. The van der Waals surface area contributed by atoms with E-state index in [0.29, 0.717) is 6.04 Å². The molecule has 1 N–H and O–H groups in total. The summed E-state index contributed by atoms with van der Waals surface area (Å²) in [5.74, 6) is 0. The lowest BCUT2D eigenvalue weighted by atomic mass is 10.0. The molecule has 1 aromatic carbocycles. The molecule has 1 heterocycles. The summed E-state index contributed by atoms with van der Waals surface area (Å²) in [7, 11) is 2.24. The summed E-state index contributed by atoms with van der Waals surface area (Å²) in [6.07, 6.45) is 5.42. The molecule has 1 unspecified atom stereocenters. The van der Waals surface area contributed by atoms with Crippen molar-refractivity contribution in [2.75, 3.05) is 39.8 Å². The van der Waals surface area contributed by atoms with Crippen LogP contribution in [0.3, 0.4) is 0 Å². The zero-order valence-corrected chi connectivity index (χ0v) is 13.3. The molecule has 1 saturated heterocycles. The van der Waals surface area contributed by atoms with Gasteiger partial charge in [0.25, 0.3) is 0 Å². The molecular formula is C18H29N3. The van der Waals surface area contributed by atoms with E-state index in [1.54, 1.807) is 0 Å². The molecule has 21 heavy (non-hydrogen) atoms. The number of nitrogens with zero attached hydrogens (tertiary/aromatic N) is 2. The highest BCUT2D eigenvalue weighted by molar-refractivity contribution is 5.20. The third kappa shape index (κ3) is 4.53. The molecule has 3 rings (SSSR count). The van der Waals surface area contributed by atoms with Crippen LogP contribution in [0.1, 0.15) is 37.3 Å². The quantitative estimate of drug-likeness (QED) is 0.777. The highest BCUT2D eigenvalue weighted by atomic mass is 15.3. The Morgan fingerprint density at radius 1 is 1.10 bits per heavy atom. The molecule has 0 spiro atoms. The first kappa shape index (κ1) is 15.0. The van der Waals surface area contributed by atoms with E-state index in [2.05, 4.69) is 52.5 Å². The maximum absolute atomic E-state index is 3.62. The number of hydrogen-bond acceptors (Lipinski definition) is 3. The second-order valence-electron chi connectivity index (χ2n) is 6.66. The first-order chi connectivity index (χ1) is 10.3. The Balaban J connectivity index is 1.48. The van der Waals surface area contributed by atoms with Crippen molar-refractivity contribution in [1.82, 2.24) is 15.1 Å². The number of hydrogen-bond donors (Lipinski definition) is 1. The minimum absolute atomic E-state index is 0.571. The van der Waals surface area contributed by atoms with Crippen molar-refractivity contribution in [3.63, 3.8) is 0 Å². The highest BCUT2D eigenvalue weighted by Gasteiger charge is 2.26. The zero-order chi connectivity index (χ0) is 14.5. The molecule has 2 aliphatic rings. The van der Waals surface area contributed by atoms with Crippen molar-refractivity contribution in [2.24, 2.45) is 0 Å². The van der Waals surface area contributed by atoms with Gasteiger partial charge in [-0.1, -0.05) is 30.3 Å². The number of unbranched alkanes of at least 4 members (excludes halogenated alkanes) is 1. The molecule has 0 bridgehead atoms. The van der Waals surface area contributed by atoms with Crippen molar-refractivity contribution >= 4 is 0 Å². The Hall–Kier alpha value is -0.900. The van der Waals surface area contributed by atoms with Crippen LogP contribution in [0, 0.1) is 0 Å². The van der Waals surface area contributed by atoms with E-state index >= 15 is 0 Å². The molecule has 1 aromatic rings. The zero-order valence-electron chi connectivity index (χ0n) is 13.3. The van der Waals surface area contributed by atoms with Crippen LogP contribution in [0.15, 0.2) is 30.3 Å². The van der Waals surface area contributed by atoms with Crippen LogP contribution in [0.4, 0.5) is 0 Å². The maximum atomic E-state index is 3.62. The lowest BCUT2D eigenvalue weighted by Gasteiger charge is -2.40. The van der Waals surface area contributed by atoms with Crippen LogP contribution in [0.5, 0.6) is 0 Å². The van der Waals surface area contributed by atoms with Gasteiger partial charge in [-0.05, 0) is 51.4 Å². The molecule has 1 aliphatic carbocycles. The molecule has 1 saturated carbocycles. The molecule has 1 aliphatic heterocycles. The highest BCUT2D eigenvalue weighted by Crippen LogP contribution is 2.25. The number of benzene rings is 1. The summed E-state index contributed by atoms with van der Waals surface area (Å²) in [6, 6.07) is 12.4. The SMILES string of the molecule is CN1CCN(CCCCNC2CC2)C(c2ccccc2)C1. The van der Waals surface area contributed by atoms with Crippen molar-refractivity contribution in [2.45, 2.75) is 37.8 Å². The van der Waals surface area contributed by atoms with Gasteiger partial charge < -0.3 is 10.2 Å². The molecule has 3 heteroatoms. The minimum atomic E-state index is 0.571. The van der Waals surface area contributed by atoms with Crippen molar-refractivity contribution in [3.8, 4) is 0 Å². The van der Waals surface area contributed by atoms with E-state index in [-0.39, 0.29) is 0 Å². The number of likely N-dealkylation sites (N-methyl/N-ethyl adjacent to an activating group) is 1. The molecular weight excluding hydrogens is 258 g/mol. The van der Waals surface area contributed by atoms with Gasteiger partial charge >= 0.3 is 0 Å². The average molecular weight is 287 g/mol. The normalized spacial score (nSPS) is 24.3. The Morgan fingerprint density at radius 3 is 2.67 bits per heavy atom. The fourth-order valence-corrected chi connectivity index (χ4v) is 3.25. The van der Waals surface area contributed by atoms with E-state index < -0.39 is 0 Å². The van der Waals surface area contributed by atoms with Crippen LogP contribution in [-0.4, -0.2) is 55.6 Å². The van der Waals surface area contributed by atoms with Gasteiger partial charge in [-0.3, -0.25) is 4.90 Å². The van der Waals surface area contributed by atoms with E-state index in [0.717, 1.165) is 12.6 Å². The number of rotatable bonds is 7. The minimum Gasteiger partial charge on any atom is -0.314 e. The first-order valence-corrected chi connectivity index (χ1v) is 8.54. The average Bonchev–Trinajstić information content (AvgIpc) is 3.33. The second-order valence-corrected chi connectivity index (χ2v) is 6.66. The van der Waals surface area contributed by atoms with Gasteiger partial charge in [-0.15, -0.1) is 0 Å². The van der Waals surface area contributed by atoms with E-state index in [9.17, 15) is 0 Å². The van der Waals surface area contributed by atoms with Crippen LogP contribution in [0.2, 0.25) is 0 Å². The lowest BCUT2D eigenvalue weighted by Crippen LogP contribution is -2.47. The van der Waals surface area contributed by atoms with Gasteiger partial charge in [0.05, 0.1) is 0 Å². The predicted molar refractivity (Wildman–Crippen MR) is 88.5 cm³/mol. The molecule has 116 valence electrons. The Labute approximate surface area is 129 Å². The van der Waals surface area contributed by atoms with Crippen LogP contribution in [-0.2, 0) is 0 Å². The van der Waals surface area contributed by atoms with Crippen molar-refractivity contribution < 1.29 is 0 Å². The fourth-order valence-electron chi connectivity index (χ4n) is 3.25. The standard InChI is InChI=1S/C18H29N3/c1-20-13-14-21(12-6-5-11-19-17-9-10-17)18(15-20)16-7-3-2-4-8-16/h2-4,7-8,17-19H,5-6,9-15H2,1H3. The van der Waals surface area contributed by atoms with Gasteiger partial charge in [0, 0.05) is 31.7 Å². The van der Waals surface area contributed by atoms with Gasteiger partial charge in [0.15, 0.2) is 0 Å². The molecule has 0 aromatic heterocycles. The van der Waals surface area contributed by atoms with Gasteiger partial charge in [0.1, 0.15) is 0 Å². The summed E-state index contributed by atoms with van der Waals surface area (Å²) in [6.45, 7) is 5.99. The molecule has 2 fully saturated rings. The summed E-state index contributed by atoms with van der Waals surface area (Å²) in [4.78, 5) is 5.15. The largest absolute Gasteiger partial charge is 0.314 e. The van der Waals surface area contributed by atoms with Crippen molar-refractivity contribution in [3.05, 3.63) is 35.9 Å². The number of nitrogens with one attached hydrogen (secondary N) is 1. The van der Waals surface area contributed by atoms with E-state index in [1.807, 2.05) is 0 Å². The Kier molecular flexibility index (Phi) is 5.28. The summed E-state index contributed by atoms with van der Waals surface area (Å²) in [5.41, 5.74) is 1.47. The summed E-state index contributed by atoms with van der Waals surface area (Å²) < 4.78 is 0. The summed E-state index contributed by atoms with van der Waals surface area (Å²) in [5, 5.41) is 3.62. The smallest absolute Gasteiger partial charge is 0.0475 e. The molecule has 0 radical (unpaired) electrons. The van der Waals surface area contributed by atoms with Gasteiger partial charge in [0.2, 0.25) is 0 Å². The molecule has 0 amide bonds. The van der Waals surface area contributed by atoms with E-state index in [1.165, 1.54) is 57.4 Å². The topological polar surface area (TPSA) is 18.5 Å². The fraction of sp³-hybridized carbons (Fsp3) is 0.667. The molecule has 3 nitrogen and oxygen atoms in total. The van der Waals surface area contributed by atoms with Crippen molar-refractivity contribution in [1.29, 1.82) is 0 Å². The third-order valence-corrected chi connectivity index (χ3v) is 4.76. The Morgan fingerprint density at radius 2 is 1.90 bits per heavy atom. The third-order valence-electron chi connectivity index (χ3n) is 4.76. The maximum Gasteiger partial charge on any atom is 0.0475 e. The predicted octanol–water partition coefficient (Wildman–Crippen LogP) is 2.51. The van der Waals surface area contributed by atoms with E-state index in [4.69, 9.17) is 0 Å².